The summed E-state index contributed by atoms with van der Waals surface area (Å²) in [5.41, 5.74) is 2.33. The molecule has 0 saturated carbocycles. The lowest BCUT2D eigenvalue weighted by Gasteiger charge is -2.36. The van der Waals surface area contributed by atoms with Gasteiger partial charge in [-0.05, 0) is 38.1 Å². The number of rotatable bonds is 4. The van der Waals surface area contributed by atoms with Crippen LogP contribution in [0.25, 0.3) is 21.8 Å². The average Bonchev–Trinajstić information content (AvgIpc) is 2.87. The highest BCUT2D eigenvalue weighted by Gasteiger charge is 2.24. The van der Waals surface area contributed by atoms with Crippen LogP contribution in [0.15, 0.2) is 46.9 Å². The van der Waals surface area contributed by atoms with E-state index in [1.54, 1.807) is 0 Å². The molecule has 0 amide bonds. The average molecular weight is 417 g/mol. The molecule has 5 heteroatoms. The lowest BCUT2D eigenvalue weighted by molar-refractivity contribution is -0.0771. The van der Waals surface area contributed by atoms with Crippen LogP contribution >= 0.6 is 15.9 Å². The van der Waals surface area contributed by atoms with Crippen molar-refractivity contribution in [2.24, 2.45) is 0 Å². The predicted molar refractivity (Wildman–Crippen MR) is 110 cm³/mol. The fourth-order valence-corrected chi connectivity index (χ4v) is 4.58. The number of aliphatic hydroxyl groups is 1. The highest BCUT2D eigenvalue weighted by Crippen LogP contribution is 2.31. The molecule has 1 aliphatic rings. The number of fused-ring (bicyclic) bond motifs is 3. The van der Waals surface area contributed by atoms with Crippen molar-refractivity contribution >= 4 is 37.7 Å². The van der Waals surface area contributed by atoms with Crippen molar-refractivity contribution in [3.05, 3.63) is 46.9 Å². The minimum atomic E-state index is -0.421. The molecule has 2 aromatic carbocycles. The second kappa shape index (κ2) is 7.31. The summed E-state index contributed by atoms with van der Waals surface area (Å²) in [6.45, 7) is 7.21. The number of morpholine rings is 1. The summed E-state index contributed by atoms with van der Waals surface area (Å²) in [6.07, 6.45) is 0.0169. The highest BCUT2D eigenvalue weighted by molar-refractivity contribution is 9.10. The van der Waals surface area contributed by atoms with Crippen molar-refractivity contribution in [3.8, 4) is 0 Å². The Kier molecular flexibility index (Phi) is 5.06. The Labute approximate surface area is 162 Å². The second-order valence-electron chi connectivity index (χ2n) is 7.42. The van der Waals surface area contributed by atoms with Gasteiger partial charge in [0.1, 0.15) is 0 Å². The van der Waals surface area contributed by atoms with E-state index in [0.717, 1.165) is 23.1 Å². The third kappa shape index (κ3) is 3.54. The molecule has 0 bridgehead atoms. The van der Waals surface area contributed by atoms with Gasteiger partial charge < -0.3 is 14.4 Å². The molecule has 4 nitrogen and oxygen atoms in total. The monoisotopic (exact) mass is 416 g/mol. The molecular weight excluding hydrogens is 392 g/mol. The van der Waals surface area contributed by atoms with Gasteiger partial charge in [-0.2, -0.15) is 0 Å². The molecule has 0 spiro atoms. The lowest BCUT2D eigenvalue weighted by atomic mass is 10.2. The predicted octanol–water partition coefficient (Wildman–Crippen LogP) is 4.03. The van der Waals surface area contributed by atoms with Gasteiger partial charge in [0.15, 0.2) is 0 Å². The van der Waals surface area contributed by atoms with Crippen LogP contribution in [-0.4, -0.2) is 52.5 Å². The highest BCUT2D eigenvalue weighted by atomic mass is 79.9. The third-order valence-corrected chi connectivity index (χ3v) is 5.59. The van der Waals surface area contributed by atoms with Crippen LogP contribution < -0.4 is 0 Å². The fourth-order valence-electron chi connectivity index (χ4n) is 4.22. The minimum Gasteiger partial charge on any atom is -0.390 e. The molecule has 3 atom stereocenters. The van der Waals surface area contributed by atoms with Crippen molar-refractivity contribution in [2.45, 2.75) is 38.7 Å². The quantitative estimate of drug-likeness (QED) is 0.697. The van der Waals surface area contributed by atoms with E-state index in [2.05, 4.69) is 81.7 Å². The normalized spacial score (nSPS) is 22.9. The van der Waals surface area contributed by atoms with Crippen LogP contribution in [0.2, 0.25) is 0 Å². The largest absolute Gasteiger partial charge is 0.390 e. The van der Waals surface area contributed by atoms with Crippen LogP contribution in [-0.2, 0) is 11.3 Å². The van der Waals surface area contributed by atoms with Gasteiger partial charge >= 0.3 is 0 Å². The van der Waals surface area contributed by atoms with Crippen LogP contribution in [0, 0.1) is 0 Å². The Morgan fingerprint density at radius 3 is 2.50 bits per heavy atom. The van der Waals surface area contributed by atoms with Gasteiger partial charge in [0.2, 0.25) is 0 Å². The summed E-state index contributed by atoms with van der Waals surface area (Å²) in [6, 6.07) is 14.8. The molecule has 2 heterocycles. The van der Waals surface area contributed by atoms with E-state index in [1.807, 2.05) is 0 Å². The molecule has 1 aliphatic heterocycles. The first-order valence-electron chi connectivity index (χ1n) is 9.23. The number of hydrogen-bond acceptors (Lipinski definition) is 3. The van der Waals surface area contributed by atoms with Gasteiger partial charge in [0, 0.05) is 45.9 Å². The van der Waals surface area contributed by atoms with Crippen molar-refractivity contribution in [1.82, 2.24) is 9.47 Å². The number of aromatic nitrogens is 1. The Morgan fingerprint density at radius 2 is 1.73 bits per heavy atom. The fraction of sp³-hybridized carbons (Fsp3) is 0.429. The molecule has 1 aromatic heterocycles. The Morgan fingerprint density at radius 1 is 1.04 bits per heavy atom. The van der Waals surface area contributed by atoms with Crippen molar-refractivity contribution in [1.29, 1.82) is 0 Å². The number of ether oxygens (including phenoxy) is 1. The Hall–Kier alpha value is -1.40. The summed E-state index contributed by atoms with van der Waals surface area (Å²) in [7, 11) is 0. The van der Waals surface area contributed by atoms with Crippen LogP contribution in [0.1, 0.15) is 13.8 Å². The molecule has 3 unspecified atom stereocenters. The van der Waals surface area contributed by atoms with Gasteiger partial charge in [-0.25, -0.2) is 0 Å². The summed E-state index contributed by atoms with van der Waals surface area (Å²) in [4.78, 5) is 2.31. The standard InChI is InChI=1S/C21H25BrN2O2/c1-14-10-23(11-15(2)26-14)12-17(25)13-24-20-6-4-3-5-18(20)19-9-16(22)7-8-21(19)24/h3-9,14-15,17,25H,10-13H2,1-2H3. The number of halogens is 1. The number of β-amino-alcohol motifs (C(OH)–C–C–N with tert-alkyl or cyclic N) is 1. The minimum absolute atomic E-state index is 0.219. The number of para-hydroxylation sites is 1. The van der Waals surface area contributed by atoms with Crippen molar-refractivity contribution in [2.75, 3.05) is 19.6 Å². The maximum Gasteiger partial charge on any atom is 0.0846 e. The maximum absolute atomic E-state index is 10.8. The Bertz CT molecular complexity index is 913. The van der Waals surface area contributed by atoms with Crippen molar-refractivity contribution in [3.63, 3.8) is 0 Å². The Balaban J connectivity index is 1.61. The molecule has 1 fully saturated rings. The van der Waals surface area contributed by atoms with Crippen LogP contribution in [0.4, 0.5) is 0 Å². The third-order valence-electron chi connectivity index (χ3n) is 5.09. The SMILES string of the molecule is CC1CN(CC(O)Cn2c3ccccc3c3cc(Br)ccc32)CC(C)O1. The first-order valence-corrected chi connectivity index (χ1v) is 10.0. The van der Waals surface area contributed by atoms with E-state index in [9.17, 15) is 5.11 Å². The van der Waals surface area contributed by atoms with Gasteiger partial charge in [0.25, 0.3) is 0 Å². The first-order chi connectivity index (χ1) is 12.5. The maximum atomic E-state index is 10.8. The zero-order valence-corrected chi connectivity index (χ0v) is 16.8. The zero-order chi connectivity index (χ0) is 18.3. The van der Waals surface area contributed by atoms with Gasteiger partial charge in [-0.15, -0.1) is 0 Å². The summed E-state index contributed by atoms with van der Waals surface area (Å²) >= 11 is 3.58. The zero-order valence-electron chi connectivity index (χ0n) is 15.2. The second-order valence-corrected chi connectivity index (χ2v) is 8.33. The number of aliphatic hydroxyl groups excluding tert-OH is 1. The number of benzene rings is 2. The topological polar surface area (TPSA) is 37.6 Å². The number of hydrogen-bond donors (Lipinski definition) is 1. The lowest BCUT2D eigenvalue weighted by Crippen LogP contribution is -2.48. The van der Waals surface area contributed by atoms with Crippen molar-refractivity contribution < 1.29 is 9.84 Å². The first kappa shape index (κ1) is 18.0. The van der Waals surface area contributed by atoms with E-state index in [-0.39, 0.29) is 12.2 Å². The van der Waals surface area contributed by atoms with Gasteiger partial charge in [0.05, 0.1) is 24.9 Å². The summed E-state index contributed by atoms with van der Waals surface area (Å²) < 4.78 is 9.12. The number of nitrogens with zero attached hydrogens (tertiary/aromatic N) is 2. The molecule has 1 N–H and O–H groups in total. The van der Waals surface area contributed by atoms with Crippen LogP contribution in [0.5, 0.6) is 0 Å². The molecule has 26 heavy (non-hydrogen) atoms. The molecule has 4 rings (SSSR count). The van der Waals surface area contributed by atoms with Gasteiger partial charge in [-0.3, -0.25) is 4.90 Å². The molecule has 3 aromatic rings. The van der Waals surface area contributed by atoms with E-state index >= 15 is 0 Å². The van der Waals surface area contributed by atoms with E-state index < -0.39 is 6.10 Å². The van der Waals surface area contributed by atoms with E-state index in [0.29, 0.717) is 13.1 Å². The molecule has 138 valence electrons. The van der Waals surface area contributed by atoms with Gasteiger partial charge in [-0.1, -0.05) is 34.1 Å². The summed E-state index contributed by atoms with van der Waals surface area (Å²) in [5.74, 6) is 0. The molecule has 1 saturated heterocycles. The molecule has 0 radical (unpaired) electrons. The molecule has 0 aliphatic carbocycles. The molecular formula is C21H25BrN2O2. The van der Waals surface area contributed by atoms with E-state index in [1.165, 1.54) is 16.3 Å². The van der Waals surface area contributed by atoms with Crippen LogP contribution in [0.3, 0.4) is 0 Å². The smallest absolute Gasteiger partial charge is 0.0846 e. The summed E-state index contributed by atoms with van der Waals surface area (Å²) in [5, 5.41) is 13.3. The van der Waals surface area contributed by atoms with E-state index in [4.69, 9.17) is 4.74 Å².